The van der Waals surface area contributed by atoms with Crippen LogP contribution in [-0.2, 0) is 4.74 Å². The summed E-state index contributed by atoms with van der Waals surface area (Å²) in [7, 11) is 0. The van der Waals surface area contributed by atoms with Gasteiger partial charge in [-0.15, -0.1) is 0 Å². The summed E-state index contributed by atoms with van der Waals surface area (Å²) in [6.07, 6.45) is -0.266. The minimum Gasteiger partial charge on any atom is -0.422 e. The number of rotatable bonds is 2. The number of hydrogen-bond acceptors (Lipinski definition) is 6. The van der Waals surface area contributed by atoms with Crippen molar-refractivity contribution in [1.82, 2.24) is 4.90 Å². The molecule has 2 atom stereocenters. The Morgan fingerprint density at radius 2 is 1.92 bits per heavy atom. The molecule has 0 spiro atoms. The van der Waals surface area contributed by atoms with Gasteiger partial charge in [0, 0.05) is 30.6 Å². The molecule has 1 aliphatic heterocycles. The van der Waals surface area contributed by atoms with Gasteiger partial charge in [0.2, 0.25) is 0 Å². The largest absolute Gasteiger partial charge is 0.422 e. The first kappa shape index (κ1) is 16.1. The van der Waals surface area contributed by atoms with Gasteiger partial charge in [-0.05, 0) is 26.0 Å². The zero-order valence-electron chi connectivity index (χ0n) is 13.2. The molecule has 1 fully saturated rings. The van der Waals surface area contributed by atoms with Crippen LogP contribution in [-0.4, -0.2) is 41.0 Å². The molecule has 3 rings (SSSR count). The highest BCUT2D eigenvalue weighted by Crippen LogP contribution is 2.21. The third-order valence-electron chi connectivity index (χ3n) is 3.86. The number of morpholine rings is 1. The molecule has 8 heteroatoms. The standard InChI is InChI=1S/C16H16N2O6/c1-9-7-17(8-10(2)23-9)15(19)13-6-11-5-12(18(21)22)3-4-14(11)24-16(13)20/h3-6,9-10H,7-8H2,1-2H3/t9-,10-/m0/s1. The monoisotopic (exact) mass is 332 g/mol. The Morgan fingerprint density at radius 1 is 1.25 bits per heavy atom. The molecule has 1 aliphatic rings. The SMILES string of the molecule is C[C@H]1CN(C(=O)c2cc3cc([N+](=O)[O-])ccc3oc2=O)C[C@H](C)O1. The van der Waals surface area contributed by atoms with Crippen LogP contribution < -0.4 is 5.63 Å². The maximum absolute atomic E-state index is 12.7. The second-order valence-corrected chi connectivity index (χ2v) is 5.89. The average molecular weight is 332 g/mol. The quantitative estimate of drug-likeness (QED) is 0.473. The molecule has 0 unspecified atom stereocenters. The van der Waals surface area contributed by atoms with Gasteiger partial charge < -0.3 is 14.1 Å². The summed E-state index contributed by atoms with van der Waals surface area (Å²) in [4.78, 5) is 36.6. The average Bonchev–Trinajstić information content (AvgIpc) is 2.52. The number of nitro benzene ring substituents is 1. The second kappa shape index (κ2) is 6.04. The smallest absolute Gasteiger partial charge is 0.349 e. The molecule has 2 aromatic rings. The summed E-state index contributed by atoms with van der Waals surface area (Å²) < 4.78 is 10.7. The van der Waals surface area contributed by atoms with Gasteiger partial charge in [0.15, 0.2) is 0 Å². The van der Waals surface area contributed by atoms with Gasteiger partial charge in [0.25, 0.3) is 11.6 Å². The summed E-state index contributed by atoms with van der Waals surface area (Å²) in [5.41, 5.74) is -0.827. The van der Waals surface area contributed by atoms with E-state index in [4.69, 9.17) is 9.15 Å². The van der Waals surface area contributed by atoms with E-state index in [0.29, 0.717) is 18.5 Å². The Morgan fingerprint density at radius 3 is 2.54 bits per heavy atom. The van der Waals surface area contributed by atoms with Crippen LogP contribution in [0, 0.1) is 10.1 Å². The molecule has 1 amide bonds. The highest BCUT2D eigenvalue weighted by Gasteiger charge is 2.28. The van der Waals surface area contributed by atoms with E-state index < -0.39 is 16.5 Å². The number of nitrogens with zero attached hydrogens (tertiary/aromatic N) is 2. The van der Waals surface area contributed by atoms with Crippen LogP contribution in [0.2, 0.25) is 0 Å². The fraction of sp³-hybridized carbons (Fsp3) is 0.375. The lowest BCUT2D eigenvalue weighted by atomic mass is 10.1. The van der Waals surface area contributed by atoms with E-state index in [1.807, 2.05) is 13.8 Å². The number of benzene rings is 1. The van der Waals surface area contributed by atoms with Crippen LogP contribution in [0.15, 0.2) is 33.5 Å². The Labute approximate surface area is 136 Å². The number of nitro groups is 1. The third-order valence-corrected chi connectivity index (χ3v) is 3.86. The van der Waals surface area contributed by atoms with Gasteiger partial charge in [0.1, 0.15) is 11.1 Å². The second-order valence-electron chi connectivity index (χ2n) is 5.89. The first-order valence-electron chi connectivity index (χ1n) is 7.52. The molecular formula is C16H16N2O6. The van der Waals surface area contributed by atoms with E-state index in [0.717, 1.165) is 0 Å². The van der Waals surface area contributed by atoms with Crippen LogP contribution in [0.3, 0.4) is 0 Å². The minimum atomic E-state index is -0.756. The van der Waals surface area contributed by atoms with Crippen LogP contribution in [0.1, 0.15) is 24.2 Å². The van der Waals surface area contributed by atoms with E-state index >= 15 is 0 Å². The molecule has 0 radical (unpaired) electrons. The van der Waals surface area contributed by atoms with Gasteiger partial charge in [-0.3, -0.25) is 14.9 Å². The molecule has 1 aromatic heterocycles. The first-order chi connectivity index (χ1) is 11.3. The molecule has 2 heterocycles. The van der Waals surface area contributed by atoms with E-state index in [9.17, 15) is 19.7 Å². The molecule has 0 N–H and O–H groups in total. The van der Waals surface area contributed by atoms with Crippen molar-refractivity contribution in [1.29, 1.82) is 0 Å². The maximum Gasteiger partial charge on any atom is 0.349 e. The summed E-state index contributed by atoms with van der Waals surface area (Å²) in [6.45, 7) is 4.44. The predicted molar refractivity (Wildman–Crippen MR) is 85.1 cm³/mol. The molecule has 1 saturated heterocycles. The van der Waals surface area contributed by atoms with Crippen molar-refractivity contribution < 1.29 is 18.9 Å². The number of fused-ring (bicyclic) bond motifs is 1. The summed E-state index contributed by atoms with van der Waals surface area (Å²) >= 11 is 0. The number of carbonyl (C=O) groups excluding carboxylic acids is 1. The lowest BCUT2D eigenvalue weighted by Gasteiger charge is -2.35. The van der Waals surface area contributed by atoms with E-state index in [-0.39, 0.29) is 29.0 Å². The fourth-order valence-electron chi connectivity index (χ4n) is 2.89. The molecule has 0 aliphatic carbocycles. The molecule has 1 aromatic carbocycles. The molecule has 0 bridgehead atoms. The van der Waals surface area contributed by atoms with Crippen molar-refractivity contribution in [3.8, 4) is 0 Å². The van der Waals surface area contributed by atoms with E-state index in [1.54, 1.807) is 0 Å². The van der Waals surface area contributed by atoms with Crippen LogP contribution in [0.25, 0.3) is 11.0 Å². The first-order valence-corrected chi connectivity index (χ1v) is 7.52. The van der Waals surface area contributed by atoms with Gasteiger partial charge in [-0.2, -0.15) is 0 Å². The Bertz CT molecular complexity index is 864. The fourth-order valence-corrected chi connectivity index (χ4v) is 2.89. The Kier molecular flexibility index (Phi) is 4.06. The lowest BCUT2D eigenvalue weighted by Crippen LogP contribution is -2.49. The van der Waals surface area contributed by atoms with Crippen molar-refractivity contribution in [3.63, 3.8) is 0 Å². The number of ether oxygens (including phenoxy) is 1. The van der Waals surface area contributed by atoms with E-state index in [1.165, 1.54) is 29.2 Å². The zero-order valence-corrected chi connectivity index (χ0v) is 13.2. The van der Waals surface area contributed by atoms with Gasteiger partial charge in [-0.25, -0.2) is 4.79 Å². The minimum absolute atomic E-state index is 0.133. The highest BCUT2D eigenvalue weighted by molar-refractivity contribution is 5.97. The van der Waals surface area contributed by atoms with Crippen molar-refractivity contribution in [2.45, 2.75) is 26.1 Å². The summed E-state index contributed by atoms with van der Waals surface area (Å²) in [6, 6.07) is 5.22. The molecule has 126 valence electrons. The van der Waals surface area contributed by atoms with Crippen LogP contribution in [0.4, 0.5) is 5.69 Å². The zero-order chi connectivity index (χ0) is 17.4. The number of carbonyl (C=O) groups is 1. The van der Waals surface area contributed by atoms with Gasteiger partial charge in [0.05, 0.1) is 17.1 Å². The molecular weight excluding hydrogens is 316 g/mol. The number of non-ortho nitro benzene ring substituents is 1. The van der Waals surface area contributed by atoms with Gasteiger partial charge >= 0.3 is 5.63 Å². The lowest BCUT2D eigenvalue weighted by molar-refractivity contribution is -0.384. The maximum atomic E-state index is 12.7. The number of hydrogen-bond donors (Lipinski definition) is 0. The van der Waals surface area contributed by atoms with Crippen molar-refractivity contribution in [2.24, 2.45) is 0 Å². The van der Waals surface area contributed by atoms with Crippen LogP contribution in [0.5, 0.6) is 0 Å². The summed E-state index contributed by atoms with van der Waals surface area (Å²) in [5.74, 6) is -0.459. The molecule has 0 saturated carbocycles. The van der Waals surface area contributed by atoms with Crippen molar-refractivity contribution in [3.05, 3.63) is 50.4 Å². The highest BCUT2D eigenvalue weighted by atomic mass is 16.6. The topological polar surface area (TPSA) is 103 Å². The molecule has 8 nitrogen and oxygen atoms in total. The van der Waals surface area contributed by atoms with Crippen molar-refractivity contribution >= 4 is 22.6 Å². The predicted octanol–water partition coefficient (Wildman–Crippen LogP) is 1.95. The van der Waals surface area contributed by atoms with Crippen LogP contribution >= 0.6 is 0 Å². The van der Waals surface area contributed by atoms with Gasteiger partial charge in [-0.1, -0.05) is 0 Å². The number of amides is 1. The Hall–Kier alpha value is -2.74. The Balaban J connectivity index is 2.01. The van der Waals surface area contributed by atoms with Crippen molar-refractivity contribution in [2.75, 3.05) is 13.1 Å². The third kappa shape index (κ3) is 3.00. The van der Waals surface area contributed by atoms with E-state index in [2.05, 4.69) is 0 Å². The normalized spacial score (nSPS) is 21.0. The summed E-state index contributed by atoms with van der Waals surface area (Å²) in [5, 5.41) is 11.2. The molecule has 24 heavy (non-hydrogen) atoms.